The predicted molar refractivity (Wildman–Crippen MR) is 90.3 cm³/mol. The van der Waals surface area contributed by atoms with Gasteiger partial charge in [0.05, 0.1) is 6.61 Å². The molecule has 0 spiro atoms. The first kappa shape index (κ1) is 18.5. The third kappa shape index (κ3) is 8.06. The van der Waals surface area contributed by atoms with Crippen LogP contribution >= 0.6 is 0 Å². The number of benzene rings is 1. The van der Waals surface area contributed by atoms with Gasteiger partial charge in [0.1, 0.15) is 11.4 Å². The predicted octanol–water partition coefficient (Wildman–Crippen LogP) is 5.09. The SMILES string of the molecule is CC(C)c1cccc(OCCCCCC(=O)OC(C)(C)C)c1. The largest absolute Gasteiger partial charge is 0.494 e. The van der Waals surface area contributed by atoms with Crippen molar-refractivity contribution in [3.63, 3.8) is 0 Å². The molecule has 3 heteroatoms. The van der Waals surface area contributed by atoms with E-state index in [1.807, 2.05) is 32.9 Å². The van der Waals surface area contributed by atoms with E-state index in [4.69, 9.17) is 9.47 Å². The molecule has 0 aliphatic carbocycles. The normalized spacial score (nSPS) is 11.5. The summed E-state index contributed by atoms with van der Waals surface area (Å²) in [5.74, 6) is 1.33. The van der Waals surface area contributed by atoms with E-state index in [1.165, 1.54) is 5.56 Å². The minimum absolute atomic E-state index is 0.113. The molecule has 0 atom stereocenters. The Morgan fingerprint density at radius 1 is 1.14 bits per heavy atom. The van der Waals surface area contributed by atoms with Gasteiger partial charge in [-0.3, -0.25) is 4.79 Å². The summed E-state index contributed by atoms with van der Waals surface area (Å²) >= 11 is 0. The summed E-state index contributed by atoms with van der Waals surface area (Å²) in [6.07, 6.45) is 3.27. The van der Waals surface area contributed by atoms with Crippen molar-refractivity contribution in [3.05, 3.63) is 29.8 Å². The van der Waals surface area contributed by atoms with E-state index in [2.05, 4.69) is 26.0 Å². The Labute approximate surface area is 135 Å². The first-order valence-electron chi connectivity index (χ1n) is 8.22. The zero-order valence-electron chi connectivity index (χ0n) is 14.6. The molecule has 0 saturated heterocycles. The summed E-state index contributed by atoms with van der Waals surface area (Å²) < 4.78 is 11.0. The summed E-state index contributed by atoms with van der Waals surface area (Å²) in [7, 11) is 0. The molecule has 22 heavy (non-hydrogen) atoms. The summed E-state index contributed by atoms with van der Waals surface area (Å²) in [5.41, 5.74) is 0.907. The highest BCUT2D eigenvalue weighted by Crippen LogP contribution is 2.20. The maximum atomic E-state index is 11.6. The Morgan fingerprint density at radius 2 is 1.86 bits per heavy atom. The smallest absolute Gasteiger partial charge is 0.306 e. The first-order chi connectivity index (χ1) is 10.3. The van der Waals surface area contributed by atoms with Gasteiger partial charge in [-0.2, -0.15) is 0 Å². The minimum Gasteiger partial charge on any atom is -0.494 e. The average molecular weight is 306 g/mol. The number of ether oxygens (including phenoxy) is 2. The van der Waals surface area contributed by atoms with Gasteiger partial charge in [0.15, 0.2) is 0 Å². The third-order valence-electron chi connectivity index (χ3n) is 3.24. The second kappa shape index (κ2) is 8.82. The van der Waals surface area contributed by atoms with Crippen molar-refractivity contribution in [2.45, 2.75) is 71.8 Å². The third-order valence-corrected chi connectivity index (χ3v) is 3.24. The zero-order chi connectivity index (χ0) is 16.6. The van der Waals surface area contributed by atoms with Crippen LogP contribution in [0.25, 0.3) is 0 Å². The fourth-order valence-corrected chi connectivity index (χ4v) is 2.09. The lowest BCUT2D eigenvalue weighted by Gasteiger charge is -2.19. The second-order valence-corrected chi connectivity index (χ2v) is 6.97. The molecule has 0 fully saturated rings. The molecule has 0 saturated carbocycles. The van der Waals surface area contributed by atoms with Crippen LogP contribution in [0.1, 0.15) is 71.8 Å². The van der Waals surface area contributed by atoms with Crippen molar-refractivity contribution in [3.8, 4) is 5.75 Å². The molecule has 1 aromatic rings. The molecule has 1 rings (SSSR count). The molecule has 3 nitrogen and oxygen atoms in total. The van der Waals surface area contributed by atoms with Crippen LogP contribution in [0.2, 0.25) is 0 Å². The van der Waals surface area contributed by atoms with Crippen molar-refractivity contribution in [1.29, 1.82) is 0 Å². The highest BCUT2D eigenvalue weighted by molar-refractivity contribution is 5.69. The summed E-state index contributed by atoms with van der Waals surface area (Å²) in [6, 6.07) is 8.25. The molecule has 0 heterocycles. The highest BCUT2D eigenvalue weighted by Gasteiger charge is 2.15. The van der Waals surface area contributed by atoms with E-state index in [1.54, 1.807) is 0 Å². The number of esters is 1. The van der Waals surface area contributed by atoms with Gasteiger partial charge >= 0.3 is 5.97 Å². The summed E-state index contributed by atoms with van der Waals surface area (Å²) in [6.45, 7) is 10.7. The topological polar surface area (TPSA) is 35.5 Å². The molecular weight excluding hydrogens is 276 g/mol. The average Bonchev–Trinajstić information content (AvgIpc) is 2.41. The Balaban J connectivity index is 2.16. The Kier molecular flexibility index (Phi) is 7.43. The molecule has 1 aromatic carbocycles. The van der Waals surface area contributed by atoms with Crippen molar-refractivity contribution in [2.24, 2.45) is 0 Å². The lowest BCUT2D eigenvalue weighted by molar-refractivity contribution is -0.154. The number of rotatable bonds is 8. The molecule has 0 amide bonds. The van der Waals surface area contributed by atoms with Gasteiger partial charge in [0.25, 0.3) is 0 Å². The van der Waals surface area contributed by atoms with Crippen LogP contribution in [0.3, 0.4) is 0 Å². The monoisotopic (exact) mass is 306 g/mol. The molecule has 0 N–H and O–H groups in total. The highest BCUT2D eigenvalue weighted by atomic mass is 16.6. The fourth-order valence-electron chi connectivity index (χ4n) is 2.09. The van der Waals surface area contributed by atoms with Gasteiger partial charge in [0, 0.05) is 6.42 Å². The van der Waals surface area contributed by atoms with Gasteiger partial charge in [-0.25, -0.2) is 0 Å². The van der Waals surface area contributed by atoms with Gasteiger partial charge in [-0.1, -0.05) is 26.0 Å². The van der Waals surface area contributed by atoms with Gasteiger partial charge < -0.3 is 9.47 Å². The molecule has 0 radical (unpaired) electrons. The molecular formula is C19H30O3. The lowest BCUT2D eigenvalue weighted by Crippen LogP contribution is -2.23. The van der Waals surface area contributed by atoms with Gasteiger partial charge in [0.2, 0.25) is 0 Å². The van der Waals surface area contributed by atoms with Crippen LogP contribution in [0.15, 0.2) is 24.3 Å². The van der Waals surface area contributed by atoms with Gasteiger partial charge in [-0.05, 0) is 63.6 Å². The Morgan fingerprint density at radius 3 is 2.50 bits per heavy atom. The van der Waals surface area contributed by atoms with Crippen molar-refractivity contribution in [1.82, 2.24) is 0 Å². The van der Waals surface area contributed by atoms with Crippen molar-refractivity contribution >= 4 is 5.97 Å². The number of hydrogen-bond acceptors (Lipinski definition) is 3. The van der Waals surface area contributed by atoms with E-state index in [0.717, 1.165) is 25.0 Å². The molecule has 0 aliphatic rings. The number of carbonyl (C=O) groups is 1. The van der Waals surface area contributed by atoms with Crippen molar-refractivity contribution < 1.29 is 14.3 Å². The Hall–Kier alpha value is -1.51. The van der Waals surface area contributed by atoms with E-state index < -0.39 is 0 Å². The van der Waals surface area contributed by atoms with Crippen LogP contribution in [0.4, 0.5) is 0 Å². The molecule has 0 unspecified atom stereocenters. The van der Waals surface area contributed by atoms with E-state index in [0.29, 0.717) is 18.9 Å². The summed E-state index contributed by atoms with van der Waals surface area (Å²) in [4.78, 5) is 11.6. The quantitative estimate of drug-likeness (QED) is 0.495. The minimum atomic E-state index is -0.387. The van der Waals surface area contributed by atoms with Crippen LogP contribution in [0.5, 0.6) is 5.75 Å². The molecule has 124 valence electrons. The van der Waals surface area contributed by atoms with Gasteiger partial charge in [-0.15, -0.1) is 0 Å². The first-order valence-corrected chi connectivity index (χ1v) is 8.22. The lowest BCUT2D eigenvalue weighted by atomic mass is 10.0. The zero-order valence-corrected chi connectivity index (χ0v) is 14.6. The number of carbonyl (C=O) groups excluding carboxylic acids is 1. The van der Waals surface area contributed by atoms with Crippen LogP contribution in [-0.2, 0) is 9.53 Å². The standard InChI is InChI=1S/C19H30O3/c1-15(2)16-10-9-11-17(14-16)21-13-8-6-7-12-18(20)22-19(3,4)5/h9-11,14-15H,6-8,12-13H2,1-5H3. The summed E-state index contributed by atoms with van der Waals surface area (Å²) in [5, 5.41) is 0. The van der Waals surface area contributed by atoms with Crippen LogP contribution in [-0.4, -0.2) is 18.2 Å². The molecule has 0 aromatic heterocycles. The maximum absolute atomic E-state index is 11.6. The Bertz CT molecular complexity index is 458. The maximum Gasteiger partial charge on any atom is 0.306 e. The van der Waals surface area contributed by atoms with Crippen LogP contribution < -0.4 is 4.74 Å². The number of hydrogen-bond donors (Lipinski definition) is 0. The van der Waals surface area contributed by atoms with E-state index in [-0.39, 0.29) is 11.6 Å². The van der Waals surface area contributed by atoms with Crippen LogP contribution in [0, 0.1) is 0 Å². The molecule has 0 bridgehead atoms. The van der Waals surface area contributed by atoms with E-state index >= 15 is 0 Å². The number of unbranched alkanes of at least 4 members (excludes halogenated alkanes) is 2. The molecule has 0 aliphatic heterocycles. The van der Waals surface area contributed by atoms with Crippen molar-refractivity contribution in [2.75, 3.05) is 6.61 Å². The fraction of sp³-hybridized carbons (Fsp3) is 0.632. The van der Waals surface area contributed by atoms with E-state index in [9.17, 15) is 4.79 Å². The second-order valence-electron chi connectivity index (χ2n) is 6.97.